The van der Waals surface area contributed by atoms with Crippen molar-refractivity contribution in [1.82, 2.24) is 0 Å². The third kappa shape index (κ3) is 4.35. The van der Waals surface area contributed by atoms with Crippen LogP contribution < -0.4 is 15.2 Å². The van der Waals surface area contributed by atoms with Crippen LogP contribution in [0.1, 0.15) is 5.56 Å². The minimum absolute atomic E-state index is 0.00791. The number of nitrogens with two attached hydrogens (primary N) is 1. The fourth-order valence-electron chi connectivity index (χ4n) is 2.04. The molecule has 2 rings (SSSR count). The summed E-state index contributed by atoms with van der Waals surface area (Å²) in [5.41, 5.74) is 6.38. The number of hydrogen-bond acceptors (Lipinski definition) is 3. The summed E-state index contributed by atoms with van der Waals surface area (Å²) in [5, 5.41) is 0. The summed E-state index contributed by atoms with van der Waals surface area (Å²) in [6.45, 7) is 1.73. The van der Waals surface area contributed by atoms with E-state index < -0.39 is 17.9 Å². The summed E-state index contributed by atoms with van der Waals surface area (Å²) in [6, 6.07) is 8.54. The molecule has 2 N–H and O–H groups in total. The van der Waals surface area contributed by atoms with Gasteiger partial charge in [0.25, 0.3) is 0 Å². The fourth-order valence-corrected chi connectivity index (χ4v) is 2.04. The van der Waals surface area contributed by atoms with Crippen LogP contribution in [-0.4, -0.2) is 19.5 Å². The minimum atomic E-state index is -4.85. The molecule has 0 radical (unpaired) electrons. The van der Waals surface area contributed by atoms with Gasteiger partial charge in [-0.25, -0.2) is 4.39 Å². The molecule has 0 heterocycles. The van der Waals surface area contributed by atoms with Crippen molar-refractivity contribution in [2.24, 2.45) is 5.73 Å². The van der Waals surface area contributed by atoms with Crippen LogP contribution in [-0.2, 0) is 0 Å². The standard InChI is InChI=1S/C16H15F4NO2/c1-10-3-2-4-12(15(10)17)11-5-6-13(23-16(18,19)20)14(9-11)22-8-7-21/h2-6,9H,7-8,21H2,1H3. The SMILES string of the molecule is Cc1cccc(-c2ccc(OC(F)(F)F)c(OCCN)c2)c1F. The van der Waals surface area contributed by atoms with Gasteiger partial charge < -0.3 is 15.2 Å². The fraction of sp³-hybridized carbons (Fsp3) is 0.250. The second kappa shape index (κ2) is 6.87. The van der Waals surface area contributed by atoms with Gasteiger partial charge in [0.1, 0.15) is 12.4 Å². The van der Waals surface area contributed by atoms with Crippen molar-refractivity contribution in [3.05, 3.63) is 47.8 Å². The maximum atomic E-state index is 14.2. The molecule has 0 aromatic heterocycles. The molecule has 0 unspecified atom stereocenters. The van der Waals surface area contributed by atoms with Crippen molar-refractivity contribution in [2.45, 2.75) is 13.3 Å². The van der Waals surface area contributed by atoms with Crippen LogP contribution in [0.15, 0.2) is 36.4 Å². The van der Waals surface area contributed by atoms with Gasteiger partial charge in [-0.3, -0.25) is 0 Å². The molecule has 0 aliphatic rings. The first kappa shape index (κ1) is 17.1. The van der Waals surface area contributed by atoms with Crippen LogP contribution in [0.25, 0.3) is 11.1 Å². The molecule has 0 spiro atoms. The van der Waals surface area contributed by atoms with Crippen molar-refractivity contribution in [3.8, 4) is 22.6 Å². The second-order valence-electron chi connectivity index (χ2n) is 4.78. The average Bonchev–Trinajstić information content (AvgIpc) is 2.48. The molecule has 2 aromatic carbocycles. The summed E-state index contributed by atoms with van der Waals surface area (Å²) in [4.78, 5) is 0. The molecule has 0 aliphatic heterocycles. The lowest BCUT2D eigenvalue weighted by molar-refractivity contribution is -0.275. The third-order valence-corrected chi connectivity index (χ3v) is 3.05. The van der Waals surface area contributed by atoms with Crippen molar-refractivity contribution >= 4 is 0 Å². The van der Waals surface area contributed by atoms with Crippen molar-refractivity contribution < 1.29 is 27.0 Å². The number of benzene rings is 2. The van der Waals surface area contributed by atoms with Gasteiger partial charge in [0.05, 0.1) is 0 Å². The summed E-state index contributed by atoms with van der Waals surface area (Å²) in [7, 11) is 0. The first-order valence-electron chi connectivity index (χ1n) is 6.80. The zero-order chi connectivity index (χ0) is 17.0. The minimum Gasteiger partial charge on any atom is -0.488 e. The van der Waals surface area contributed by atoms with E-state index in [1.807, 2.05) is 0 Å². The molecule has 3 nitrogen and oxygen atoms in total. The molecule has 124 valence electrons. The van der Waals surface area contributed by atoms with E-state index in [0.717, 1.165) is 6.07 Å². The lowest BCUT2D eigenvalue weighted by Gasteiger charge is -2.15. The first-order valence-corrected chi connectivity index (χ1v) is 6.80. The molecule has 0 bridgehead atoms. The van der Waals surface area contributed by atoms with Gasteiger partial charge in [-0.15, -0.1) is 13.2 Å². The van der Waals surface area contributed by atoms with Gasteiger partial charge in [0.2, 0.25) is 0 Å². The molecule has 7 heteroatoms. The van der Waals surface area contributed by atoms with E-state index in [2.05, 4.69) is 4.74 Å². The lowest BCUT2D eigenvalue weighted by Crippen LogP contribution is -2.18. The number of halogens is 4. The zero-order valence-corrected chi connectivity index (χ0v) is 12.3. The highest BCUT2D eigenvalue weighted by Gasteiger charge is 2.32. The quantitative estimate of drug-likeness (QED) is 0.842. The Morgan fingerprint density at radius 3 is 2.48 bits per heavy atom. The summed E-state index contributed by atoms with van der Waals surface area (Å²) < 4.78 is 60.5. The van der Waals surface area contributed by atoms with E-state index in [1.54, 1.807) is 19.1 Å². The van der Waals surface area contributed by atoms with Crippen LogP contribution >= 0.6 is 0 Å². The predicted molar refractivity (Wildman–Crippen MR) is 77.8 cm³/mol. The molecular formula is C16H15F4NO2. The Bertz CT molecular complexity index is 686. The summed E-state index contributed by atoms with van der Waals surface area (Å²) in [6.07, 6.45) is -4.85. The Hall–Kier alpha value is -2.28. The molecule has 0 atom stereocenters. The maximum absolute atomic E-state index is 14.2. The van der Waals surface area contributed by atoms with Crippen molar-refractivity contribution in [1.29, 1.82) is 0 Å². The van der Waals surface area contributed by atoms with Gasteiger partial charge in [-0.1, -0.05) is 24.3 Å². The molecule has 0 aliphatic carbocycles. The smallest absolute Gasteiger partial charge is 0.488 e. The van der Waals surface area contributed by atoms with Gasteiger partial charge in [-0.05, 0) is 30.2 Å². The van der Waals surface area contributed by atoms with Crippen LogP contribution in [0.3, 0.4) is 0 Å². The molecular weight excluding hydrogens is 314 g/mol. The van der Waals surface area contributed by atoms with Gasteiger partial charge in [0, 0.05) is 12.1 Å². The maximum Gasteiger partial charge on any atom is 0.573 e. The normalized spacial score (nSPS) is 11.4. The lowest BCUT2D eigenvalue weighted by atomic mass is 10.0. The van der Waals surface area contributed by atoms with E-state index in [0.29, 0.717) is 11.1 Å². The number of alkyl halides is 3. The number of hydrogen-bond donors (Lipinski definition) is 1. The zero-order valence-electron chi connectivity index (χ0n) is 12.3. The monoisotopic (exact) mass is 329 g/mol. The van der Waals surface area contributed by atoms with Crippen molar-refractivity contribution in [3.63, 3.8) is 0 Å². The second-order valence-corrected chi connectivity index (χ2v) is 4.78. The molecule has 2 aromatic rings. The number of aryl methyl sites for hydroxylation is 1. The molecule has 0 saturated heterocycles. The predicted octanol–water partition coefficient (Wildman–Crippen LogP) is 4.04. The topological polar surface area (TPSA) is 44.5 Å². The largest absolute Gasteiger partial charge is 0.573 e. The molecule has 0 amide bonds. The highest BCUT2D eigenvalue weighted by Crippen LogP contribution is 2.36. The molecule has 0 saturated carbocycles. The van der Waals surface area contributed by atoms with Crippen LogP contribution in [0.2, 0.25) is 0 Å². The average molecular weight is 329 g/mol. The highest BCUT2D eigenvalue weighted by atomic mass is 19.4. The Labute approximate surface area is 130 Å². The van der Waals surface area contributed by atoms with Gasteiger partial charge in [-0.2, -0.15) is 0 Å². The molecule has 23 heavy (non-hydrogen) atoms. The van der Waals surface area contributed by atoms with Crippen LogP contribution in [0.4, 0.5) is 17.6 Å². The number of ether oxygens (including phenoxy) is 2. The first-order chi connectivity index (χ1) is 10.8. The summed E-state index contributed by atoms with van der Waals surface area (Å²) in [5.74, 6) is -1.09. The van der Waals surface area contributed by atoms with E-state index >= 15 is 0 Å². The Balaban J connectivity index is 2.45. The van der Waals surface area contributed by atoms with E-state index in [9.17, 15) is 17.6 Å². The molecule has 0 fully saturated rings. The van der Waals surface area contributed by atoms with E-state index in [1.165, 1.54) is 18.2 Å². The van der Waals surface area contributed by atoms with Gasteiger partial charge >= 0.3 is 6.36 Å². The Kier molecular flexibility index (Phi) is 5.10. The van der Waals surface area contributed by atoms with Crippen LogP contribution in [0.5, 0.6) is 11.5 Å². The summed E-state index contributed by atoms with van der Waals surface area (Å²) >= 11 is 0. The van der Waals surface area contributed by atoms with E-state index in [4.69, 9.17) is 10.5 Å². The Morgan fingerprint density at radius 2 is 1.83 bits per heavy atom. The Morgan fingerprint density at radius 1 is 1.09 bits per heavy atom. The van der Waals surface area contributed by atoms with Crippen LogP contribution in [0, 0.1) is 12.7 Å². The van der Waals surface area contributed by atoms with Crippen molar-refractivity contribution in [2.75, 3.05) is 13.2 Å². The van der Waals surface area contributed by atoms with Gasteiger partial charge in [0.15, 0.2) is 11.5 Å². The number of rotatable bonds is 5. The third-order valence-electron chi connectivity index (χ3n) is 3.05. The highest BCUT2D eigenvalue weighted by molar-refractivity contribution is 5.68. The van der Waals surface area contributed by atoms with E-state index in [-0.39, 0.29) is 24.5 Å².